The first-order chi connectivity index (χ1) is 6.85. The minimum absolute atomic E-state index is 0.0599. The van der Waals surface area contributed by atoms with E-state index >= 15 is 0 Å². The van der Waals surface area contributed by atoms with Gasteiger partial charge < -0.3 is 10.6 Å². The molecule has 15 heavy (non-hydrogen) atoms. The molecule has 0 aliphatic carbocycles. The number of carbonyl (C=O) groups is 1. The van der Waals surface area contributed by atoms with E-state index in [0.717, 1.165) is 25.8 Å². The second kappa shape index (κ2) is 6.11. The molecule has 2 N–H and O–H groups in total. The zero-order chi connectivity index (χ0) is 12.1. The van der Waals surface area contributed by atoms with Crippen LogP contribution in [0.4, 0.5) is 0 Å². The quantitative estimate of drug-likeness (QED) is 0.735. The van der Waals surface area contributed by atoms with E-state index in [9.17, 15) is 4.79 Å². The smallest absolute Gasteiger partial charge is 0.242 e. The standard InChI is InChI=1S/C12H26N2O/c1-6-8-12(4,13)11(15)14(5)9-10(3)7-2/h10H,6-9,13H2,1-5H3. The summed E-state index contributed by atoms with van der Waals surface area (Å²) in [6, 6.07) is 0. The first-order valence-electron chi connectivity index (χ1n) is 5.89. The van der Waals surface area contributed by atoms with Gasteiger partial charge in [0.2, 0.25) is 5.91 Å². The van der Waals surface area contributed by atoms with Crippen LogP contribution in [0.3, 0.4) is 0 Å². The number of hydrogen-bond donors (Lipinski definition) is 1. The number of carbonyl (C=O) groups excluding carboxylic acids is 1. The average molecular weight is 214 g/mol. The van der Waals surface area contributed by atoms with Crippen LogP contribution in [0, 0.1) is 5.92 Å². The summed E-state index contributed by atoms with van der Waals surface area (Å²) >= 11 is 0. The van der Waals surface area contributed by atoms with Gasteiger partial charge in [-0.2, -0.15) is 0 Å². The van der Waals surface area contributed by atoms with E-state index in [-0.39, 0.29) is 5.91 Å². The average Bonchev–Trinajstić information content (AvgIpc) is 2.16. The van der Waals surface area contributed by atoms with Crippen molar-refractivity contribution in [3.05, 3.63) is 0 Å². The molecule has 3 heteroatoms. The normalized spacial score (nSPS) is 16.9. The van der Waals surface area contributed by atoms with Crippen LogP contribution in [-0.4, -0.2) is 29.9 Å². The highest BCUT2D eigenvalue weighted by molar-refractivity contribution is 5.85. The van der Waals surface area contributed by atoms with Gasteiger partial charge in [-0.25, -0.2) is 0 Å². The van der Waals surface area contributed by atoms with Crippen LogP contribution in [0.25, 0.3) is 0 Å². The fraction of sp³-hybridized carbons (Fsp3) is 0.917. The van der Waals surface area contributed by atoms with Gasteiger partial charge in [0.1, 0.15) is 0 Å². The van der Waals surface area contributed by atoms with Crippen LogP contribution in [0.5, 0.6) is 0 Å². The molecule has 3 nitrogen and oxygen atoms in total. The lowest BCUT2D eigenvalue weighted by molar-refractivity contribution is -0.135. The maximum atomic E-state index is 12.0. The van der Waals surface area contributed by atoms with E-state index in [4.69, 9.17) is 5.73 Å². The summed E-state index contributed by atoms with van der Waals surface area (Å²) in [5.41, 5.74) is 5.30. The van der Waals surface area contributed by atoms with Gasteiger partial charge in [-0.05, 0) is 19.3 Å². The lowest BCUT2D eigenvalue weighted by atomic mass is 9.95. The second-order valence-corrected chi connectivity index (χ2v) is 4.87. The lowest BCUT2D eigenvalue weighted by Crippen LogP contribution is -2.52. The Labute approximate surface area is 94.0 Å². The topological polar surface area (TPSA) is 46.3 Å². The summed E-state index contributed by atoms with van der Waals surface area (Å²) < 4.78 is 0. The fourth-order valence-electron chi connectivity index (χ4n) is 1.74. The van der Waals surface area contributed by atoms with E-state index in [1.165, 1.54) is 0 Å². The third-order valence-corrected chi connectivity index (χ3v) is 2.89. The highest BCUT2D eigenvalue weighted by Gasteiger charge is 2.30. The molecule has 0 rings (SSSR count). The van der Waals surface area contributed by atoms with Crippen LogP contribution in [-0.2, 0) is 4.79 Å². The Bertz CT molecular complexity index is 202. The molecule has 0 radical (unpaired) electrons. The summed E-state index contributed by atoms with van der Waals surface area (Å²) in [4.78, 5) is 13.8. The molecule has 0 heterocycles. The lowest BCUT2D eigenvalue weighted by Gasteiger charge is -2.30. The van der Waals surface area contributed by atoms with Gasteiger partial charge in [0.05, 0.1) is 5.54 Å². The molecular weight excluding hydrogens is 188 g/mol. The van der Waals surface area contributed by atoms with Gasteiger partial charge in [0.15, 0.2) is 0 Å². The molecule has 0 saturated carbocycles. The zero-order valence-electron chi connectivity index (χ0n) is 10.8. The van der Waals surface area contributed by atoms with E-state index in [0.29, 0.717) is 5.92 Å². The first kappa shape index (κ1) is 14.4. The third kappa shape index (κ3) is 4.65. The van der Waals surface area contributed by atoms with Gasteiger partial charge in [-0.1, -0.05) is 33.6 Å². The molecule has 90 valence electrons. The van der Waals surface area contributed by atoms with Crippen LogP contribution in [0.1, 0.15) is 47.0 Å². The van der Waals surface area contributed by atoms with Crippen molar-refractivity contribution >= 4 is 5.91 Å². The number of likely N-dealkylation sites (N-methyl/N-ethyl adjacent to an activating group) is 1. The molecule has 0 spiro atoms. The maximum absolute atomic E-state index is 12.0. The highest BCUT2D eigenvalue weighted by atomic mass is 16.2. The Balaban J connectivity index is 4.30. The SMILES string of the molecule is CCCC(C)(N)C(=O)N(C)CC(C)CC. The van der Waals surface area contributed by atoms with Gasteiger partial charge in [0, 0.05) is 13.6 Å². The molecule has 2 unspecified atom stereocenters. The Morgan fingerprint density at radius 2 is 2.00 bits per heavy atom. The maximum Gasteiger partial charge on any atom is 0.242 e. The zero-order valence-corrected chi connectivity index (χ0v) is 10.8. The van der Waals surface area contributed by atoms with Crippen molar-refractivity contribution in [2.75, 3.05) is 13.6 Å². The second-order valence-electron chi connectivity index (χ2n) is 4.87. The summed E-state index contributed by atoms with van der Waals surface area (Å²) in [7, 11) is 1.84. The predicted octanol–water partition coefficient (Wildman–Crippen LogP) is 2.01. The van der Waals surface area contributed by atoms with Gasteiger partial charge in [-0.3, -0.25) is 4.79 Å². The van der Waals surface area contributed by atoms with E-state index < -0.39 is 5.54 Å². The number of hydrogen-bond acceptors (Lipinski definition) is 2. The van der Waals surface area contributed by atoms with Crippen LogP contribution in [0.2, 0.25) is 0 Å². The van der Waals surface area contributed by atoms with Gasteiger partial charge >= 0.3 is 0 Å². The van der Waals surface area contributed by atoms with Crippen LogP contribution >= 0.6 is 0 Å². The molecule has 0 aliphatic rings. The Morgan fingerprint density at radius 1 is 1.47 bits per heavy atom. The predicted molar refractivity (Wildman–Crippen MR) is 64.6 cm³/mol. The molecule has 1 amide bonds. The van der Waals surface area contributed by atoms with Crippen molar-refractivity contribution in [2.45, 2.75) is 52.5 Å². The van der Waals surface area contributed by atoms with Crippen molar-refractivity contribution in [1.29, 1.82) is 0 Å². The minimum Gasteiger partial charge on any atom is -0.344 e. The monoisotopic (exact) mass is 214 g/mol. The van der Waals surface area contributed by atoms with Crippen molar-refractivity contribution in [3.63, 3.8) is 0 Å². The Hall–Kier alpha value is -0.570. The van der Waals surface area contributed by atoms with E-state index in [1.807, 2.05) is 20.9 Å². The number of nitrogens with zero attached hydrogens (tertiary/aromatic N) is 1. The number of rotatable bonds is 6. The molecule has 0 aliphatic heterocycles. The van der Waals surface area contributed by atoms with E-state index in [1.54, 1.807) is 4.90 Å². The molecule has 0 saturated heterocycles. The summed E-state index contributed by atoms with van der Waals surface area (Å²) in [5.74, 6) is 0.598. The molecule has 2 atom stereocenters. The van der Waals surface area contributed by atoms with E-state index in [2.05, 4.69) is 13.8 Å². The van der Waals surface area contributed by atoms with Crippen molar-refractivity contribution in [1.82, 2.24) is 4.90 Å². The fourth-order valence-corrected chi connectivity index (χ4v) is 1.74. The molecule has 0 aromatic heterocycles. The molecular formula is C12H26N2O. The number of nitrogens with two attached hydrogens (primary N) is 1. The van der Waals surface area contributed by atoms with Crippen molar-refractivity contribution < 1.29 is 4.79 Å². The number of amides is 1. The summed E-state index contributed by atoms with van der Waals surface area (Å²) in [5, 5.41) is 0. The summed E-state index contributed by atoms with van der Waals surface area (Å²) in [6.45, 7) is 8.96. The Kier molecular flexibility index (Phi) is 5.88. The molecule has 0 bridgehead atoms. The molecule has 0 aromatic carbocycles. The van der Waals surface area contributed by atoms with Crippen molar-refractivity contribution in [2.24, 2.45) is 11.7 Å². The van der Waals surface area contributed by atoms with Gasteiger partial charge in [-0.15, -0.1) is 0 Å². The van der Waals surface area contributed by atoms with Crippen LogP contribution in [0.15, 0.2) is 0 Å². The third-order valence-electron chi connectivity index (χ3n) is 2.89. The minimum atomic E-state index is -0.697. The molecule has 0 fully saturated rings. The Morgan fingerprint density at radius 3 is 2.40 bits per heavy atom. The van der Waals surface area contributed by atoms with Crippen LogP contribution < -0.4 is 5.73 Å². The van der Waals surface area contributed by atoms with Crippen molar-refractivity contribution in [3.8, 4) is 0 Å². The molecule has 0 aromatic rings. The summed E-state index contributed by atoms with van der Waals surface area (Å²) in [6.07, 6.45) is 2.78. The van der Waals surface area contributed by atoms with Gasteiger partial charge in [0.25, 0.3) is 0 Å². The highest BCUT2D eigenvalue weighted by Crippen LogP contribution is 2.13. The first-order valence-corrected chi connectivity index (χ1v) is 5.89. The largest absolute Gasteiger partial charge is 0.344 e.